The van der Waals surface area contributed by atoms with Crippen molar-refractivity contribution in [2.24, 2.45) is 5.73 Å². The molecule has 0 radical (unpaired) electrons. The van der Waals surface area contributed by atoms with Gasteiger partial charge in [-0.25, -0.2) is 23.7 Å². The first kappa shape index (κ1) is 23.9. The fourth-order valence-electron chi connectivity index (χ4n) is 4.19. The number of hydrogen-bond donors (Lipinski definition) is 1. The molecule has 2 aromatic heterocycles. The maximum absolute atomic E-state index is 13.8. The van der Waals surface area contributed by atoms with Gasteiger partial charge in [0.2, 0.25) is 0 Å². The van der Waals surface area contributed by atoms with Crippen molar-refractivity contribution < 1.29 is 13.9 Å². The molecule has 5 aromatic rings. The van der Waals surface area contributed by atoms with Gasteiger partial charge in [0.15, 0.2) is 17.2 Å². The lowest BCUT2D eigenvalue weighted by atomic mass is 10.1. The third kappa shape index (κ3) is 4.58. The highest BCUT2D eigenvalue weighted by atomic mass is 19.1. The zero-order valence-electron chi connectivity index (χ0n) is 20.3. The molecule has 0 spiro atoms. The molecule has 0 aliphatic carbocycles. The van der Waals surface area contributed by atoms with Crippen molar-refractivity contribution in [1.29, 1.82) is 0 Å². The number of primary amides is 1. The van der Waals surface area contributed by atoms with Crippen molar-refractivity contribution in [2.75, 3.05) is 0 Å². The second-order valence-corrected chi connectivity index (χ2v) is 8.76. The number of fused-ring (bicyclic) bond motifs is 1. The predicted octanol–water partition coefficient (Wildman–Crippen LogP) is 4.32. The monoisotopic (exact) mass is 497 g/mol. The number of imidazole rings is 1. The summed E-state index contributed by atoms with van der Waals surface area (Å²) >= 11 is 0. The van der Waals surface area contributed by atoms with Crippen LogP contribution in [0.3, 0.4) is 0 Å². The number of ether oxygens (including phenoxy) is 1. The van der Waals surface area contributed by atoms with Gasteiger partial charge in [-0.3, -0.25) is 9.36 Å². The number of nitrogens with zero attached hydrogens (tertiary/aromatic N) is 4. The van der Waals surface area contributed by atoms with Crippen molar-refractivity contribution in [3.8, 4) is 22.8 Å². The van der Waals surface area contributed by atoms with Crippen molar-refractivity contribution in [3.05, 3.63) is 106 Å². The number of hydrogen-bond acceptors (Lipinski definition) is 5. The molecule has 9 heteroatoms. The Balaban J connectivity index is 1.85. The number of halogens is 1. The molecule has 37 heavy (non-hydrogen) atoms. The van der Waals surface area contributed by atoms with E-state index in [2.05, 4.69) is 4.98 Å². The number of nitrogens with two attached hydrogens (primary N) is 1. The average Bonchev–Trinajstić information content (AvgIpc) is 3.15. The fourth-order valence-corrected chi connectivity index (χ4v) is 4.19. The van der Waals surface area contributed by atoms with Gasteiger partial charge in [0.1, 0.15) is 17.1 Å². The second kappa shape index (κ2) is 9.69. The van der Waals surface area contributed by atoms with Crippen LogP contribution >= 0.6 is 0 Å². The Morgan fingerprint density at radius 3 is 2.32 bits per heavy atom. The van der Waals surface area contributed by atoms with E-state index in [1.165, 1.54) is 33.4 Å². The number of para-hydroxylation sites is 1. The first-order valence-corrected chi connectivity index (χ1v) is 11.7. The lowest BCUT2D eigenvalue weighted by Gasteiger charge is -2.14. The molecule has 0 saturated carbocycles. The molecule has 186 valence electrons. The minimum atomic E-state index is -0.811. The average molecular weight is 498 g/mol. The van der Waals surface area contributed by atoms with Gasteiger partial charge in [-0.05, 0) is 55.8 Å². The molecule has 0 atom stereocenters. The smallest absolute Gasteiger partial charge is 0.335 e. The summed E-state index contributed by atoms with van der Waals surface area (Å²) in [6.07, 6.45) is -0.121. The van der Waals surface area contributed by atoms with Crippen molar-refractivity contribution in [2.45, 2.75) is 26.5 Å². The number of aromatic nitrogens is 4. The van der Waals surface area contributed by atoms with Gasteiger partial charge in [0.25, 0.3) is 5.91 Å². The van der Waals surface area contributed by atoms with Crippen LogP contribution in [0, 0.1) is 5.82 Å². The Morgan fingerprint density at radius 1 is 0.973 bits per heavy atom. The van der Waals surface area contributed by atoms with E-state index >= 15 is 0 Å². The van der Waals surface area contributed by atoms with E-state index in [0.29, 0.717) is 17.0 Å². The standard InChI is InChI=1S/C28H24FN5O3/c1-17(2)37-22-11-7-6-10-21(22)26-31-23(25(30)35)24-27(32-26)34(20-14-12-19(29)13-15-20)28(36)33(24)16-18-8-4-3-5-9-18/h3-15,17H,16H2,1-2H3,(H2,30,35). The number of carbonyl (C=O) groups is 1. The van der Waals surface area contributed by atoms with Crippen LogP contribution in [0.4, 0.5) is 4.39 Å². The largest absolute Gasteiger partial charge is 0.490 e. The van der Waals surface area contributed by atoms with Crippen LogP contribution in [0.25, 0.3) is 28.2 Å². The summed E-state index contributed by atoms with van der Waals surface area (Å²) in [6, 6.07) is 21.9. The number of rotatable bonds is 7. The summed E-state index contributed by atoms with van der Waals surface area (Å²) < 4.78 is 22.4. The number of amides is 1. The van der Waals surface area contributed by atoms with E-state index in [0.717, 1.165) is 5.56 Å². The molecular weight excluding hydrogens is 473 g/mol. The van der Waals surface area contributed by atoms with E-state index in [-0.39, 0.29) is 35.3 Å². The van der Waals surface area contributed by atoms with Gasteiger partial charge in [-0.1, -0.05) is 42.5 Å². The Hall–Kier alpha value is -4.79. The van der Waals surface area contributed by atoms with E-state index in [1.54, 1.807) is 18.2 Å². The SMILES string of the molecule is CC(C)Oc1ccccc1-c1nc(C(N)=O)c2c(n1)n(-c1ccc(F)cc1)c(=O)n2Cc1ccccc1. The molecule has 5 rings (SSSR count). The predicted molar refractivity (Wildman–Crippen MR) is 138 cm³/mol. The van der Waals surface area contributed by atoms with Crippen LogP contribution in [-0.4, -0.2) is 31.1 Å². The van der Waals surface area contributed by atoms with Crippen LogP contribution in [0.15, 0.2) is 83.7 Å². The summed E-state index contributed by atoms with van der Waals surface area (Å²) in [4.78, 5) is 35.7. The molecule has 0 saturated heterocycles. The van der Waals surface area contributed by atoms with Gasteiger partial charge in [0.05, 0.1) is 23.9 Å². The molecule has 2 N–H and O–H groups in total. The molecular formula is C28H24FN5O3. The summed E-state index contributed by atoms with van der Waals surface area (Å²) in [6.45, 7) is 3.94. The van der Waals surface area contributed by atoms with Gasteiger partial charge >= 0.3 is 5.69 Å². The highest BCUT2D eigenvalue weighted by molar-refractivity contribution is 6.02. The molecule has 1 amide bonds. The lowest BCUT2D eigenvalue weighted by Crippen LogP contribution is -2.24. The second-order valence-electron chi connectivity index (χ2n) is 8.76. The van der Waals surface area contributed by atoms with Crippen LogP contribution in [0.1, 0.15) is 29.9 Å². The highest BCUT2D eigenvalue weighted by Crippen LogP contribution is 2.31. The highest BCUT2D eigenvalue weighted by Gasteiger charge is 2.25. The van der Waals surface area contributed by atoms with Crippen LogP contribution in [0.5, 0.6) is 5.75 Å². The molecule has 3 aromatic carbocycles. The minimum Gasteiger partial charge on any atom is -0.490 e. The zero-order chi connectivity index (χ0) is 26.1. The van der Waals surface area contributed by atoms with Crippen LogP contribution in [-0.2, 0) is 6.54 Å². The van der Waals surface area contributed by atoms with E-state index in [9.17, 15) is 14.0 Å². The summed E-state index contributed by atoms with van der Waals surface area (Å²) in [5.41, 5.74) is 7.34. The minimum absolute atomic E-state index is 0.103. The molecule has 0 fully saturated rings. The van der Waals surface area contributed by atoms with Gasteiger partial charge < -0.3 is 10.5 Å². The van der Waals surface area contributed by atoms with Crippen LogP contribution < -0.4 is 16.2 Å². The zero-order valence-corrected chi connectivity index (χ0v) is 20.3. The maximum atomic E-state index is 13.8. The van der Waals surface area contributed by atoms with Crippen molar-refractivity contribution in [3.63, 3.8) is 0 Å². The Morgan fingerprint density at radius 2 is 1.65 bits per heavy atom. The Bertz CT molecular complexity index is 1660. The Labute approximate surface area is 211 Å². The summed E-state index contributed by atoms with van der Waals surface area (Å²) in [5, 5.41) is 0. The maximum Gasteiger partial charge on any atom is 0.335 e. The lowest BCUT2D eigenvalue weighted by molar-refractivity contribution is 0.0997. The molecule has 2 heterocycles. The van der Waals surface area contributed by atoms with Gasteiger partial charge in [-0.2, -0.15) is 0 Å². The van der Waals surface area contributed by atoms with E-state index in [1.807, 2.05) is 50.2 Å². The first-order chi connectivity index (χ1) is 17.8. The molecule has 0 unspecified atom stereocenters. The first-order valence-electron chi connectivity index (χ1n) is 11.7. The topological polar surface area (TPSA) is 105 Å². The Kier molecular flexibility index (Phi) is 6.27. The summed E-state index contributed by atoms with van der Waals surface area (Å²) in [5.74, 6) is -0.566. The van der Waals surface area contributed by atoms with E-state index in [4.69, 9.17) is 15.5 Å². The third-order valence-electron chi connectivity index (χ3n) is 5.76. The molecule has 0 aliphatic heterocycles. The fraction of sp³-hybridized carbons (Fsp3) is 0.143. The molecule has 8 nitrogen and oxygen atoms in total. The number of carbonyl (C=O) groups excluding carboxylic acids is 1. The van der Waals surface area contributed by atoms with Crippen molar-refractivity contribution in [1.82, 2.24) is 19.1 Å². The molecule has 0 bridgehead atoms. The normalized spacial score (nSPS) is 11.2. The van der Waals surface area contributed by atoms with Gasteiger partial charge in [0, 0.05) is 0 Å². The van der Waals surface area contributed by atoms with E-state index < -0.39 is 17.4 Å². The van der Waals surface area contributed by atoms with Crippen LogP contribution in [0.2, 0.25) is 0 Å². The quantitative estimate of drug-likeness (QED) is 0.361. The molecule has 0 aliphatic rings. The van der Waals surface area contributed by atoms with Gasteiger partial charge in [-0.15, -0.1) is 0 Å². The number of benzene rings is 3. The summed E-state index contributed by atoms with van der Waals surface area (Å²) in [7, 11) is 0. The third-order valence-corrected chi connectivity index (χ3v) is 5.76. The van der Waals surface area contributed by atoms with Crippen molar-refractivity contribution >= 4 is 17.1 Å².